The second-order valence-corrected chi connectivity index (χ2v) is 6.91. The first kappa shape index (κ1) is 21.6. The van der Waals surface area contributed by atoms with E-state index in [1.807, 2.05) is 35.2 Å². The second kappa shape index (κ2) is 11.2. The van der Waals surface area contributed by atoms with E-state index in [0.717, 1.165) is 5.56 Å². The van der Waals surface area contributed by atoms with E-state index in [9.17, 15) is 14.0 Å². The molecule has 0 saturated carbocycles. The van der Waals surface area contributed by atoms with E-state index in [4.69, 9.17) is 9.47 Å². The summed E-state index contributed by atoms with van der Waals surface area (Å²) < 4.78 is 24.8. The summed E-state index contributed by atoms with van der Waals surface area (Å²) in [4.78, 5) is 25.6. The fourth-order valence-electron chi connectivity index (χ4n) is 3.08. The molecule has 1 fully saturated rings. The van der Waals surface area contributed by atoms with Crippen molar-refractivity contribution in [1.29, 1.82) is 0 Å². The number of morpholine rings is 1. The predicted molar refractivity (Wildman–Crippen MR) is 112 cm³/mol. The number of carbonyl (C=O) groups is 2. The van der Waals surface area contributed by atoms with Crippen LogP contribution in [0.25, 0.3) is 0 Å². The van der Waals surface area contributed by atoms with Gasteiger partial charge in [0, 0.05) is 31.7 Å². The molecule has 2 amide bonds. The fraction of sp³-hybridized carbons (Fsp3) is 0.364. The van der Waals surface area contributed by atoms with Gasteiger partial charge in [0.2, 0.25) is 5.91 Å². The monoisotopic (exact) mass is 415 g/mol. The van der Waals surface area contributed by atoms with Crippen molar-refractivity contribution in [3.8, 4) is 0 Å². The number of rotatable bonds is 8. The van der Waals surface area contributed by atoms with Gasteiger partial charge in [0.1, 0.15) is 12.4 Å². The zero-order chi connectivity index (χ0) is 21.2. The first-order chi connectivity index (χ1) is 14.6. The average Bonchev–Trinajstić information content (AvgIpc) is 2.77. The first-order valence-corrected chi connectivity index (χ1v) is 9.98. The molecule has 160 valence electrons. The Morgan fingerprint density at radius 2 is 1.87 bits per heavy atom. The molecule has 1 heterocycles. The van der Waals surface area contributed by atoms with Crippen LogP contribution in [0, 0.1) is 5.82 Å². The molecule has 7 nitrogen and oxygen atoms in total. The van der Waals surface area contributed by atoms with Gasteiger partial charge in [-0.25, -0.2) is 9.18 Å². The molecule has 2 N–H and O–H groups in total. The minimum absolute atomic E-state index is 0.194. The molecule has 0 atom stereocenters. The molecule has 0 bridgehead atoms. The van der Waals surface area contributed by atoms with Crippen molar-refractivity contribution < 1.29 is 23.5 Å². The zero-order valence-corrected chi connectivity index (χ0v) is 16.7. The summed E-state index contributed by atoms with van der Waals surface area (Å²) in [5, 5.41) is 5.29. The molecular weight excluding hydrogens is 389 g/mol. The number of anilines is 2. The van der Waals surface area contributed by atoms with Gasteiger partial charge in [0.05, 0.1) is 18.9 Å². The van der Waals surface area contributed by atoms with Gasteiger partial charge in [-0.2, -0.15) is 0 Å². The molecule has 3 rings (SSSR count). The quantitative estimate of drug-likeness (QED) is 0.647. The van der Waals surface area contributed by atoms with Crippen molar-refractivity contribution >= 4 is 23.4 Å². The predicted octanol–water partition coefficient (Wildman–Crippen LogP) is 3.31. The molecule has 1 saturated heterocycles. The number of hydrogen-bond donors (Lipinski definition) is 2. The number of amides is 2. The van der Waals surface area contributed by atoms with Gasteiger partial charge >= 0.3 is 6.09 Å². The summed E-state index contributed by atoms with van der Waals surface area (Å²) in [5.74, 6) is -0.620. The molecule has 2 aromatic carbocycles. The van der Waals surface area contributed by atoms with E-state index in [-0.39, 0.29) is 24.8 Å². The van der Waals surface area contributed by atoms with Gasteiger partial charge in [0.25, 0.3) is 0 Å². The third-order valence-corrected chi connectivity index (χ3v) is 4.65. The van der Waals surface area contributed by atoms with Gasteiger partial charge in [-0.3, -0.25) is 4.79 Å². The minimum atomic E-state index is -0.528. The Kier molecular flexibility index (Phi) is 8.02. The summed E-state index contributed by atoms with van der Waals surface area (Å²) in [6.07, 6.45) is 0.118. The van der Waals surface area contributed by atoms with E-state index >= 15 is 0 Å². The molecule has 0 unspecified atom stereocenters. The third-order valence-electron chi connectivity index (χ3n) is 4.65. The number of nitrogens with zero attached hydrogens (tertiary/aromatic N) is 1. The lowest BCUT2D eigenvalue weighted by Gasteiger charge is -2.29. The van der Waals surface area contributed by atoms with Crippen LogP contribution >= 0.6 is 0 Å². The van der Waals surface area contributed by atoms with Crippen LogP contribution in [0.3, 0.4) is 0 Å². The van der Waals surface area contributed by atoms with Gasteiger partial charge in [-0.05, 0) is 30.2 Å². The lowest BCUT2D eigenvalue weighted by atomic mass is 10.2. The van der Waals surface area contributed by atoms with E-state index in [2.05, 4.69) is 10.6 Å². The fourth-order valence-corrected chi connectivity index (χ4v) is 3.08. The normalized spacial score (nSPS) is 13.6. The number of alkyl carbamates (subject to hydrolysis) is 1. The van der Waals surface area contributed by atoms with E-state index < -0.39 is 6.09 Å². The summed E-state index contributed by atoms with van der Waals surface area (Å²) >= 11 is 0. The Balaban J connectivity index is 1.34. The molecule has 30 heavy (non-hydrogen) atoms. The Hall–Kier alpha value is -3.13. The summed E-state index contributed by atoms with van der Waals surface area (Å²) in [5.41, 5.74) is 1.82. The standard InChI is InChI=1S/C22H26FN3O4/c23-19-15-18(8-9-20(19)26-11-13-29-14-12-26)25-21(27)7-4-10-24-22(28)30-16-17-5-2-1-3-6-17/h1-3,5-6,8-9,15H,4,7,10-14,16H2,(H,24,28)(H,25,27). The number of ether oxygens (including phenoxy) is 2. The molecular formula is C22H26FN3O4. The molecule has 0 aliphatic carbocycles. The van der Waals surface area contributed by atoms with Crippen molar-refractivity contribution in [1.82, 2.24) is 5.32 Å². The molecule has 0 radical (unpaired) electrons. The molecule has 0 aromatic heterocycles. The van der Waals surface area contributed by atoms with Crippen LogP contribution in [0.1, 0.15) is 18.4 Å². The Bertz CT molecular complexity index is 842. The van der Waals surface area contributed by atoms with Crippen molar-refractivity contribution in [2.45, 2.75) is 19.4 Å². The Labute approximate surface area is 175 Å². The Morgan fingerprint density at radius 3 is 2.60 bits per heavy atom. The highest BCUT2D eigenvalue weighted by molar-refractivity contribution is 5.90. The van der Waals surface area contributed by atoms with Gasteiger partial charge < -0.3 is 25.0 Å². The van der Waals surface area contributed by atoms with Crippen molar-refractivity contribution in [2.75, 3.05) is 43.1 Å². The molecule has 1 aliphatic heterocycles. The maximum Gasteiger partial charge on any atom is 0.407 e. The van der Waals surface area contributed by atoms with E-state index in [1.54, 1.807) is 12.1 Å². The van der Waals surface area contributed by atoms with Crippen LogP contribution in [-0.4, -0.2) is 44.8 Å². The Morgan fingerprint density at radius 1 is 1.10 bits per heavy atom. The van der Waals surface area contributed by atoms with Crippen molar-refractivity contribution in [2.24, 2.45) is 0 Å². The highest BCUT2D eigenvalue weighted by Gasteiger charge is 2.15. The van der Waals surface area contributed by atoms with E-state index in [0.29, 0.717) is 50.6 Å². The van der Waals surface area contributed by atoms with Gasteiger partial charge in [0.15, 0.2) is 0 Å². The van der Waals surface area contributed by atoms with Crippen molar-refractivity contribution in [3.63, 3.8) is 0 Å². The summed E-state index contributed by atoms with van der Waals surface area (Å²) in [6.45, 7) is 2.94. The van der Waals surface area contributed by atoms with Crippen LogP contribution in [0.5, 0.6) is 0 Å². The third kappa shape index (κ3) is 6.73. The van der Waals surface area contributed by atoms with Crippen LogP contribution in [-0.2, 0) is 20.9 Å². The minimum Gasteiger partial charge on any atom is -0.445 e. The SMILES string of the molecule is O=C(CCCNC(=O)OCc1ccccc1)Nc1ccc(N2CCOCC2)c(F)c1. The number of halogens is 1. The molecule has 2 aromatic rings. The summed E-state index contributed by atoms with van der Waals surface area (Å²) in [7, 11) is 0. The average molecular weight is 415 g/mol. The summed E-state index contributed by atoms with van der Waals surface area (Å²) in [6, 6.07) is 14.0. The maximum absolute atomic E-state index is 14.4. The van der Waals surface area contributed by atoms with Gasteiger partial charge in [-0.1, -0.05) is 30.3 Å². The largest absolute Gasteiger partial charge is 0.445 e. The number of benzene rings is 2. The highest BCUT2D eigenvalue weighted by atomic mass is 19.1. The second-order valence-electron chi connectivity index (χ2n) is 6.91. The smallest absolute Gasteiger partial charge is 0.407 e. The lowest BCUT2D eigenvalue weighted by Crippen LogP contribution is -2.36. The maximum atomic E-state index is 14.4. The topological polar surface area (TPSA) is 79.9 Å². The van der Waals surface area contributed by atoms with Gasteiger partial charge in [-0.15, -0.1) is 0 Å². The number of nitrogens with one attached hydrogen (secondary N) is 2. The van der Waals surface area contributed by atoms with Crippen LogP contribution in [0.15, 0.2) is 48.5 Å². The lowest BCUT2D eigenvalue weighted by molar-refractivity contribution is -0.116. The molecule has 0 spiro atoms. The van der Waals surface area contributed by atoms with Crippen LogP contribution in [0.2, 0.25) is 0 Å². The van der Waals surface area contributed by atoms with Crippen molar-refractivity contribution in [3.05, 3.63) is 59.9 Å². The van der Waals surface area contributed by atoms with Crippen LogP contribution in [0.4, 0.5) is 20.6 Å². The zero-order valence-electron chi connectivity index (χ0n) is 16.7. The first-order valence-electron chi connectivity index (χ1n) is 9.98. The number of carbonyl (C=O) groups excluding carboxylic acids is 2. The number of hydrogen-bond acceptors (Lipinski definition) is 5. The van der Waals surface area contributed by atoms with Crippen LogP contribution < -0.4 is 15.5 Å². The highest BCUT2D eigenvalue weighted by Crippen LogP contribution is 2.23. The van der Waals surface area contributed by atoms with E-state index in [1.165, 1.54) is 6.07 Å². The molecule has 8 heteroatoms. The molecule has 1 aliphatic rings.